The van der Waals surface area contributed by atoms with Crippen LogP contribution in [-0.4, -0.2) is 26.1 Å². The molecule has 0 radical (unpaired) electrons. The van der Waals surface area contributed by atoms with Gasteiger partial charge in [-0.15, -0.1) is 0 Å². The van der Waals surface area contributed by atoms with Crippen molar-refractivity contribution in [3.63, 3.8) is 0 Å². The van der Waals surface area contributed by atoms with E-state index in [1.54, 1.807) is 17.0 Å². The zero-order chi connectivity index (χ0) is 20.8. The van der Waals surface area contributed by atoms with Gasteiger partial charge in [0, 0.05) is 23.8 Å². The molecule has 0 aliphatic carbocycles. The Bertz CT molecular complexity index is 1410. The van der Waals surface area contributed by atoms with E-state index >= 15 is 0 Å². The highest BCUT2D eigenvalue weighted by molar-refractivity contribution is 7.71. The molecule has 3 heterocycles. The second-order valence-corrected chi connectivity index (χ2v) is 8.18. The van der Waals surface area contributed by atoms with Crippen LogP contribution in [0.2, 0.25) is 5.02 Å². The van der Waals surface area contributed by atoms with Crippen molar-refractivity contribution in [2.75, 3.05) is 11.4 Å². The highest BCUT2D eigenvalue weighted by atomic mass is 35.5. The lowest BCUT2D eigenvalue weighted by atomic mass is 10.0. The van der Waals surface area contributed by atoms with E-state index < -0.39 is 0 Å². The summed E-state index contributed by atoms with van der Waals surface area (Å²) in [6.07, 6.45) is 2.49. The molecule has 4 aromatic rings. The Labute approximate surface area is 182 Å². The van der Waals surface area contributed by atoms with Crippen molar-refractivity contribution in [2.45, 2.75) is 19.9 Å². The first-order valence-corrected chi connectivity index (χ1v) is 10.4. The lowest BCUT2D eigenvalue weighted by Crippen LogP contribution is -2.33. The maximum Gasteiger partial charge on any atom is 0.264 e. The zero-order valence-electron chi connectivity index (χ0n) is 16.2. The molecule has 0 spiro atoms. The third-order valence-electron chi connectivity index (χ3n) is 5.48. The average Bonchev–Trinajstić information content (AvgIpc) is 2.75. The minimum atomic E-state index is -0.293. The van der Waals surface area contributed by atoms with Gasteiger partial charge < -0.3 is 4.90 Å². The predicted octanol–water partition coefficient (Wildman–Crippen LogP) is 4.36. The Hall–Kier alpha value is -3.03. The molecule has 8 heteroatoms. The normalized spacial score (nSPS) is 13.5. The van der Waals surface area contributed by atoms with Gasteiger partial charge in [0.25, 0.3) is 5.56 Å². The molecule has 1 N–H and O–H groups in total. The van der Waals surface area contributed by atoms with E-state index in [1.807, 2.05) is 25.1 Å². The lowest BCUT2D eigenvalue weighted by molar-refractivity contribution is 0.707. The number of halogens is 1. The van der Waals surface area contributed by atoms with Crippen LogP contribution in [0.4, 0.5) is 5.95 Å². The molecular weight excluding hydrogens is 418 g/mol. The number of H-pyrrole nitrogens is 1. The number of rotatable bonds is 2. The maximum absolute atomic E-state index is 12.9. The molecule has 0 saturated heterocycles. The zero-order valence-corrected chi connectivity index (χ0v) is 17.8. The van der Waals surface area contributed by atoms with Crippen LogP contribution in [0.3, 0.4) is 0 Å². The summed E-state index contributed by atoms with van der Waals surface area (Å²) in [5.74, 6) is 0.514. The largest absolute Gasteiger partial charge is 0.338 e. The highest BCUT2D eigenvalue weighted by Gasteiger charge is 2.19. The molecule has 1 aliphatic rings. The number of aromatic nitrogens is 4. The predicted molar refractivity (Wildman–Crippen MR) is 121 cm³/mol. The number of benzene rings is 2. The fraction of sp³-hybridized carbons (Fsp3) is 0.182. The van der Waals surface area contributed by atoms with Crippen LogP contribution in [-0.2, 0) is 13.0 Å². The van der Waals surface area contributed by atoms with Crippen molar-refractivity contribution in [1.82, 2.24) is 19.5 Å². The minimum absolute atomic E-state index is 0.293. The number of aryl methyl sites for hydroxylation is 1. The molecular formula is C22H18ClN5OS. The molecule has 6 nitrogen and oxygen atoms in total. The van der Waals surface area contributed by atoms with Crippen LogP contribution in [0.25, 0.3) is 16.7 Å². The number of nitrogens with zero attached hydrogens (tertiary/aromatic N) is 4. The van der Waals surface area contributed by atoms with Crippen molar-refractivity contribution in [3.8, 4) is 5.69 Å². The van der Waals surface area contributed by atoms with E-state index in [1.165, 1.54) is 11.1 Å². The molecule has 0 fully saturated rings. The Balaban J connectivity index is 1.58. The fourth-order valence-electron chi connectivity index (χ4n) is 3.76. The molecule has 2 aromatic heterocycles. The Morgan fingerprint density at radius 3 is 2.77 bits per heavy atom. The van der Waals surface area contributed by atoms with E-state index in [0.717, 1.165) is 24.2 Å². The Morgan fingerprint density at radius 1 is 1.17 bits per heavy atom. The van der Waals surface area contributed by atoms with Gasteiger partial charge in [0.1, 0.15) is 16.4 Å². The van der Waals surface area contributed by atoms with Crippen molar-refractivity contribution < 1.29 is 0 Å². The molecule has 5 rings (SSSR count). The molecule has 0 amide bonds. The van der Waals surface area contributed by atoms with Gasteiger partial charge in [-0.25, -0.2) is 4.98 Å². The van der Waals surface area contributed by atoms with Crippen LogP contribution in [0, 0.1) is 11.6 Å². The number of hydrogen-bond donors (Lipinski definition) is 1. The summed E-state index contributed by atoms with van der Waals surface area (Å²) in [7, 11) is 0. The number of aromatic amines is 1. The van der Waals surface area contributed by atoms with Gasteiger partial charge >= 0.3 is 0 Å². The van der Waals surface area contributed by atoms with Gasteiger partial charge in [-0.3, -0.25) is 14.3 Å². The van der Waals surface area contributed by atoms with Crippen LogP contribution in [0.1, 0.15) is 16.7 Å². The van der Waals surface area contributed by atoms with Crippen molar-refractivity contribution in [2.24, 2.45) is 0 Å². The summed E-state index contributed by atoms with van der Waals surface area (Å²) in [5.41, 5.74) is 4.34. The van der Waals surface area contributed by atoms with Gasteiger partial charge in [-0.2, -0.15) is 4.98 Å². The lowest BCUT2D eigenvalue weighted by Gasteiger charge is -2.29. The molecule has 30 heavy (non-hydrogen) atoms. The summed E-state index contributed by atoms with van der Waals surface area (Å²) in [6.45, 7) is 3.40. The van der Waals surface area contributed by atoms with Crippen LogP contribution in [0.5, 0.6) is 0 Å². The Morgan fingerprint density at radius 2 is 1.97 bits per heavy atom. The number of hydrogen-bond acceptors (Lipinski definition) is 5. The number of nitrogens with one attached hydrogen (secondary N) is 1. The van der Waals surface area contributed by atoms with Crippen LogP contribution >= 0.6 is 23.8 Å². The monoisotopic (exact) mass is 435 g/mol. The summed E-state index contributed by atoms with van der Waals surface area (Å²) in [6, 6.07) is 13.9. The highest BCUT2D eigenvalue weighted by Crippen LogP contribution is 2.23. The quantitative estimate of drug-likeness (QED) is 0.474. The minimum Gasteiger partial charge on any atom is -0.338 e. The number of fused-ring (bicyclic) bond motifs is 2. The SMILES string of the molecule is Cc1ccc(-n2cnc3nc(N4CCc5ccccc5C4)[nH]c(=O)c3c2=S)cc1Cl. The molecule has 0 atom stereocenters. The topological polar surface area (TPSA) is 66.8 Å². The van der Waals surface area contributed by atoms with Crippen LogP contribution in [0.15, 0.2) is 53.6 Å². The second kappa shape index (κ2) is 7.34. The first kappa shape index (κ1) is 19.0. The van der Waals surface area contributed by atoms with Gasteiger partial charge in [0.2, 0.25) is 5.95 Å². The summed E-state index contributed by atoms with van der Waals surface area (Å²) in [4.78, 5) is 27.0. The summed E-state index contributed by atoms with van der Waals surface area (Å²) >= 11 is 11.9. The van der Waals surface area contributed by atoms with E-state index in [2.05, 4.69) is 38.1 Å². The van der Waals surface area contributed by atoms with Gasteiger partial charge in [0.15, 0.2) is 5.65 Å². The molecule has 0 saturated carbocycles. The standard InChI is InChI=1S/C22H18ClN5OS/c1-13-6-7-16(10-17(13)23)28-12-24-19-18(21(28)30)20(29)26-22(25-19)27-9-8-14-4-2-3-5-15(14)11-27/h2-7,10,12H,8-9,11H2,1H3,(H,25,26,29). The molecule has 2 aromatic carbocycles. The van der Waals surface area contributed by atoms with Crippen molar-refractivity contribution in [3.05, 3.63) is 85.5 Å². The third kappa shape index (κ3) is 3.20. The first-order chi connectivity index (χ1) is 14.5. The fourth-order valence-corrected chi connectivity index (χ4v) is 4.27. The van der Waals surface area contributed by atoms with Crippen molar-refractivity contribution in [1.29, 1.82) is 0 Å². The van der Waals surface area contributed by atoms with E-state index in [9.17, 15) is 4.79 Å². The van der Waals surface area contributed by atoms with E-state index in [0.29, 0.717) is 33.2 Å². The molecule has 150 valence electrons. The Kier molecular flexibility index (Phi) is 4.64. The summed E-state index contributed by atoms with van der Waals surface area (Å²) < 4.78 is 2.03. The third-order valence-corrected chi connectivity index (χ3v) is 6.29. The maximum atomic E-state index is 12.9. The van der Waals surface area contributed by atoms with Gasteiger partial charge in [-0.1, -0.05) is 54.2 Å². The smallest absolute Gasteiger partial charge is 0.264 e. The summed E-state index contributed by atoms with van der Waals surface area (Å²) in [5, 5.41) is 0.924. The average molecular weight is 436 g/mol. The van der Waals surface area contributed by atoms with E-state index in [4.69, 9.17) is 23.8 Å². The van der Waals surface area contributed by atoms with Gasteiger partial charge in [-0.05, 0) is 42.2 Å². The molecule has 0 unspecified atom stereocenters. The first-order valence-electron chi connectivity index (χ1n) is 9.61. The molecule has 0 bridgehead atoms. The van der Waals surface area contributed by atoms with E-state index in [-0.39, 0.29) is 5.56 Å². The van der Waals surface area contributed by atoms with Crippen LogP contribution < -0.4 is 10.5 Å². The van der Waals surface area contributed by atoms with Gasteiger partial charge in [0.05, 0.1) is 0 Å². The van der Waals surface area contributed by atoms with Crippen molar-refractivity contribution >= 4 is 40.8 Å². The second-order valence-electron chi connectivity index (χ2n) is 7.38. The molecule has 1 aliphatic heterocycles. The number of anilines is 1.